The molecule has 0 saturated carbocycles. The zero-order chi connectivity index (χ0) is 22.7. The highest BCUT2D eigenvalue weighted by molar-refractivity contribution is 9.10. The molecule has 9 heteroatoms. The number of hydrogen-bond donors (Lipinski definition) is 1. The molecule has 1 aromatic carbocycles. The van der Waals surface area contributed by atoms with Crippen LogP contribution in [0, 0.1) is 17.2 Å². The van der Waals surface area contributed by atoms with Crippen LogP contribution < -0.4 is 15.4 Å². The van der Waals surface area contributed by atoms with E-state index in [-0.39, 0.29) is 11.8 Å². The van der Waals surface area contributed by atoms with Crippen molar-refractivity contribution in [1.82, 2.24) is 14.9 Å². The number of anilines is 2. The summed E-state index contributed by atoms with van der Waals surface area (Å²) in [6.45, 7) is 7.38. The van der Waals surface area contributed by atoms with E-state index in [2.05, 4.69) is 53.3 Å². The molecular formula is C23H26BrN7O. The number of aliphatic imine (C=N–C) groups is 1. The molecule has 0 aliphatic carbocycles. The number of rotatable bonds is 6. The topological polar surface area (TPSA) is 104 Å². The van der Waals surface area contributed by atoms with Crippen LogP contribution in [0.4, 0.5) is 11.5 Å². The maximum absolute atomic E-state index is 9.15. The predicted molar refractivity (Wildman–Crippen MR) is 129 cm³/mol. The van der Waals surface area contributed by atoms with Gasteiger partial charge in [0.1, 0.15) is 11.6 Å². The average molecular weight is 496 g/mol. The van der Waals surface area contributed by atoms with Crippen molar-refractivity contribution in [1.29, 1.82) is 5.26 Å². The Balaban J connectivity index is 1.39. The molecular weight excluding hydrogens is 470 g/mol. The fourth-order valence-electron chi connectivity index (χ4n) is 4.03. The maximum atomic E-state index is 9.15. The van der Waals surface area contributed by atoms with Gasteiger partial charge in [-0.15, -0.1) is 0 Å². The highest BCUT2D eigenvalue weighted by atomic mass is 79.9. The van der Waals surface area contributed by atoms with Crippen molar-refractivity contribution in [3.63, 3.8) is 0 Å². The smallest absolute Gasteiger partial charge is 0.150 e. The molecule has 0 atom stereocenters. The van der Waals surface area contributed by atoms with Crippen LogP contribution in [0.1, 0.15) is 30.0 Å². The van der Waals surface area contributed by atoms with Crippen molar-refractivity contribution < 1.29 is 4.74 Å². The molecule has 0 unspecified atom stereocenters. The van der Waals surface area contributed by atoms with E-state index in [1.807, 2.05) is 6.07 Å². The van der Waals surface area contributed by atoms with Gasteiger partial charge < -0.3 is 20.3 Å². The van der Waals surface area contributed by atoms with Gasteiger partial charge in [0.25, 0.3) is 0 Å². The minimum Gasteiger partial charge on any atom is -0.495 e. The molecule has 32 heavy (non-hydrogen) atoms. The molecule has 2 N–H and O–H groups in total. The molecule has 0 amide bonds. The summed E-state index contributed by atoms with van der Waals surface area (Å²) < 4.78 is 6.08. The Kier molecular flexibility index (Phi) is 6.61. The van der Waals surface area contributed by atoms with E-state index in [9.17, 15) is 0 Å². The van der Waals surface area contributed by atoms with Gasteiger partial charge in [0.15, 0.2) is 5.82 Å². The summed E-state index contributed by atoms with van der Waals surface area (Å²) in [5.41, 5.74) is 8.51. The van der Waals surface area contributed by atoms with Gasteiger partial charge in [0.2, 0.25) is 0 Å². The molecule has 166 valence electrons. The van der Waals surface area contributed by atoms with Crippen molar-refractivity contribution in [2.45, 2.75) is 18.8 Å². The van der Waals surface area contributed by atoms with Crippen LogP contribution in [0.2, 0.25) is 0 Å². The average Bonchev–Trinajstić information content (AvgIpc) is 2.78. The van der Waals surface area contributed by atoms with Crippen molar-refractivity contribution >= 4 is 33.6 Å². The lowest BCUT2D eigenvalue weighted by molar-refractivity contribution is 0.195. The normalized spacial score (nSPS) is 17.3. The zero-order valence-electron chi connectivity index (χ0n) is 18.0. The fraction of sp³-hybridized carbons (Fsp3) is 0.391. The quantitative estimate of drug-likeness (QED) is 0.482. The Morgan fingerprint density at radius 3 is 2.72 bits per heavy atom. The van der Waals surface area contributed by atoms with E-state index >= 15 is 0 Å². The molecule has 2 aliphatic rings. The van der Waals surface area contributed by atoms with Gasteiger partial charge in [0, 0.05) is 73.9 Å². The lowest BCUT2D eigenvalue weighted by Crippen LogP contribution is -2.45. The van der Waals surface area contributed by atoms with E-state index in [4.69, 9.17) is 15.7 Å². The molecule has 3 heterocycles. The summed E-state index contributed by atoms with van der Waals surface area (Å²) in [6, 6.07) is 6.03. The number of benzene rings is 1. The van der Waals surface area contributed by atoms with Gasteiger partial charge in [-0.2, -0.15) is 5.26 Å². The number of nitrogens with two attached hydrogens (primary N) is 1. The number of nitrogens with zero attached hydrogens (tertiary/aromatic N) is 6. The van der Waals surface area contributed by atoms with Crippen molar-refractivity contribution in [3.05, 3.63) is 52.7 Å². The lowest BCUT2D eigenvalue weighted by Gasteiger charge is -2.41. The number of halogens is 1. The first-order valence-corrected chi connectivity index (χ1v) is 11.4. The van der Waals surface area contributed by atoms with Crippen LogP contribution >= 0.6 is 15.9 Å². The highest BCUT2D eigenvalue weighted by Gasteiger charge is 2.34. The number of hydrogen-bond acceptors (Lipinski definition) is 8. The third-order valence-electron chi connectivity index (χ3n) is 6.03. The van der Waals surface area contributed by atoms with Crippen molar-refractivity contribution in [3.8, 4) is 11.8 Å². The highest BCUT2D eigenvalue weighted by Crippen LogP contribution is 2.35. The van der Waals surface area contributed by atoms with Crippen LogP contribution in [0.5, 0.6) is 5.75 Å². The van der Waals surface area contributed by atoms with E-state index in [1.54, 1.807) is 31.8 Å². The molecule has 2 fully saturated rings. The second kappa shape index (κ2) is 9.57. The van der Waals surface area contributed by atoms with Crippen molar-refractivity contribution in [2.75, 3.05) is 43.9 Å². The molecule has 8 nitrogen and oxygen atoms in total. The number of piperidine rings is 1. The first kappa shape index (κ1) is 22.1. The summed E-state index contributed by atoms with van der Waals surface area (Å²) in [5, 5.41) is 9.15. The molecule has 1 aromatic heterocycles. The van der Waals surface area contributed by atoms with Gasteiger partial charge in [-0.1, -0.05) is 6.58 Å². The largest absolute Gasteiger partial charge is 0.495 e. The Labute approximate surface area is 196 Å². The van der Waals surface area contributed by atoms with E-state index in [1.165, 1.54) is 0 Å². The third kappa shape index (κ3) is 4.55. The fourth-order valence-corrected chi connectivity index (χ4v) is 4.56. The van der Waals surface area contributed by atoms with Crippen molar-refractivity contribution in [2.24, 2.45) is 10.9 Å². The Morgan fingerprint density at radius 1 is 1.31 bits per heavy atom. The second-order valence-corrected chi connectivity index (χ2v) is 8.90. The van der Waals surface area contributed by atoms with Gasteiger partial charge >= 0.3 is 0 Å². The Hall–Kier alpha value is -3.12. The van der Waals surface area contributed by atoms with Gasteiger partial charge in [-0.05, 0) is 34.8 Å². The monoisotopic (exact) mass is 495 g/mol. The molecule has 0 bridgehead atoms. The Morgan fingerprint density at radius 2 is 2.03 bits per heavy atom. The van der Waals surface area contributed by atoms with Crippen LogP contribution in [0.25, 0.3) is 0 Å². The molecule has 2 aromatic rings. The van der Waals surface area contributed by atoms with Gasteiger partial charge in [-0.3, -0.25) is 4.98 Å². The van der Waals surface area contributed by atoms with Gasteiger partial charge in [0.05, 0.1) is 23.3 Å². The molecule has 0 radical (unpaired) electrons. The minimum atomic E-state index is 0.145. The summed E-state index contributed by atoms with van der Waals surface area (Å²) in [5.74, 6) is 2.73. The van der Waals surface area contributed by atoms with Crippen LogP contribution in [-0.2, 0) is 0 Å². The first-order chi connectivity index (χ1) is 15.5. The standard InChI is InChI=1S/C23H26BrN7O/c1-15(29-12-17-9-19(24)21(32-2)10-20(17)26)31-13-18(14-31)22-23(28-6-5-27-22)30-7-3-16(11-25)4-8-30/h5-6,9-10,12,16,18H,1,3-4,7-8,13-14,26H2,2H3. The number of nitrogen functional groups attached to an aromatic ring is 1. The summed E-state index contributed by atoms with van der Waals surface area (Å²) in [4.78, 5) is 18.2. The molecule has 4 rings (SSSR count). The summed E-state index contributed by atoms with van der Waals surface area (Å²) >= 11 is 3.48. The SMILES string of the molecule is C=C(N=Cc1cc(Br)c(OC)cc1N)N1CC(c2nccnc2N2CCC(C#N)CC2)C1. The van der Waals surface area contributed by atoms with Gasteiger partial charge in [-0.25, -0.2) is 9.98 Å². The Bertz CT molecular complexity index is 1070. The molecule has 2 aliphatic heterocycles. The lowest BCUT2D eigenvalue weighted by atomic mass is 9.94. The zero-order valence-corrected chi connectivity index (χ0v) is 19.6. The summed E-state index contributed by atoms with van der Waals surface area (Å²) in [7, 11) is 1.60. The predicted octanol–water partition coefficient (Wildman–Crippen LogP) is 3.56. The molecule has 0 spiro atoms. The number of likely N-dealkylation sites (tertiary alicyclic amines) is 1. The second-order valence-electron chi connectivity index (χ2n) is 8.05. The van der Waals surface area contributed by atoms with E-state index < -0.39 is 0 Å². The number of methoxy groups -OCH3 is 1. The minimum absolute atomic E-state index is 0.145. The third-order valence-corrected chi connectivity index (χ3v) is 6.65. The van der Waals surface area contributed by atoms with Crippen LogP contribution in [-0.4, -0.2) is 54.4 Å². The molecule has 2 saturated heterocycles. The number of aromatic nitrogens is 2. The van der Waals surface area contributed by atoms with E-state index in [0.717, 1.165) is 60.6 Å². The summed E-state index contributed by atoms with van der Waals surface area (Å²) in [6.07, 6.45) is 6.97. The number of ether oxygens (including phenoxy) is 1. The van der Waals surface area contributed by atoms with Crippen LogP contribution in [0.3, 0.4) is 0 Å². The maximum Gasteiger partial charge on any atom is 0.150 e. The number of nitriles is 1. The van der Waals surface area contributed by atoms with E-state index in [0.29, 0.717) is 17.3 Å². The first-order valence-electron chi connectivity index (χ1n) is 10.6. The van der Waals surface area contributed by atoms with Crippen LogP contribution in [0.15, 0.2) is 46.4 Å².